The second kappa shape index (κ2) is 4.20. The predicted molar refractivity (Wildman–Crippen MR) is 58.8 cm³/mol. The summed E-state index contributed by atoms with van der Waals surface area (Å²) in [5.41, 5.74) is 0. The molecule has 0 radical (unpaired) electrons. The topological polar surface area (TPSA) is 42.4 Å². The number of aliphatic hydroxyl groups excluding tert-OH is 1. The third-order valence-corrected chi connectivity index (χ3v) is 3.90. The van der Waals surface area contributed by atoms with Crippen molar-refractivity contribution in [1.29, 1.82) is 0 Å². The van der Waals surface area contributed by atoms with Crippen LogP contribution in [0, 0.1) is 2.88 Å². The van der Waals surface area contributed by atoms with Gasteiger partial charge in [-0.25, -0.2) is 4.98 Å². The van der Waals surface area contributed by atoms with Crippen molar-refractivity contribution in [2.75, 3.05) is 6.61 Å². The average molecular weight is 311 g/mol. The highest BCUT2D eigenvalue weighted by molar-refractivity contribution is 14.1. The summed E-state index contributed by atoms with van der Waals surface area (Å²) in [7, 11) is 0. The van der Waals surface area contributed by atoms with Gasteiger partial charge in [-0.05, 0) is 35.4 Å². The van der Waals surface area contributed by atoms with E-state index in [1.54, 1.807) is 11.3 Å². The molecule has 0 amide bonds. The number of hydrogen-bond acceptors (Lipinski definition) is 4. The first-order chi connectivity index (χ1) is 6.29. The molecule has 2 heterocycles. The first kappa shape index (κ1) is 9.82. The summed E-state index contributed by atoms with van der Waals surface area (Å²) in [4.78, 5) is 4.27. The van der Waals surface area contributed by atoms with Crippen LogP contribution in [-0.4, -0.2) is 22.8 Å². The largest absolute Gasteiger partial charge is 0.394 e. The SMILES string of the molecule is OCC1CCC(c2ncc(I)s2)O1. The predicted octanol–water partition coefficient (Wildman–Crippen LogP) is 1.96. The minimum absolute atomic E-state index is 0.0200. The van der Waals surface area contributed by atoms with Crippen LogP contribution in [0.25, 0.3) is 0 Å². The van der Waals surface area contributed by atoms with Gasteiger partial charge in [0.05, 0.1) is 21.8 Å². The normalized spacial score (nSPS) is 28.2. The van der Waals surface area contributed by atoms with Gasteiger partial charge >= 0.3 is 0 Å². The van der Waals surface area contributed by atoms with Crippen molar-refractivity contribution in [3.05, 3.63) is 14.1 Å². The van der Waals surface area contributed by atoms with Gasteiger partial charge in [0, 0.05) is 0 Å². The second-order valence-corrected chi connectivity index (χ2v) is 5.97. The number of hydrogen-bond donors (Lipinski definition) is 1. The number of rotatable bonds is 2. The molecule has 2 atom stereocenters. The lowest BCUT2D eigenvalue weighted by Gasteiger charge is -2.08. The molecule has 5 heteroatoms. The number of aromatic nitrogens is 1. The Labute approximate surface area is 94.3 Å². The fourth-order valence-electron chi connectivity index (χ4n) is 1.44. The Kier molecular flexibility index (Phi) is 3.18. The van der Waals surface area contributed by atoms with Crippen LogP contribution in [0.4, 0.5) is 0 Å². The lowest BCUT2D eigenvalue weighted by Crippen LogP contribution is -2.10. The lowest BCUT2D eigenvalue weighted by atomic mass is 10.2. The van der Waals surface area contributed by atoms with Crippen molar-refractivity contribution < 1.29 is 9.84 Å². The maximum absolute atomic E-state index is 8.89. The maximum atomic E-state index is 8.89. The molecule has 2 unspecified atom stereocenters. The van der Waals surface area contributed by atoms with Crippen molar-refractivity contribution in [2.45, 2.75) is 25.0 Å². The Morgan fingerprint density at radius 1 is 1.69 bits per heavy atom. The zero-order valence-electron chi connectivity index (χ0n) is 6.94. The fraction of sp³-hybridized carbons (Fsp3) is 0.625. The van der Waals surface area contributed by atoms with Crippen LogP contribution in [0.1, 0.15) is 24.0 Å². The number of nitrogens with zero attached hydrogens (tertiary/aromatic N) is 1. The molecular formula is C8H10INO2S. The molecule has 72 valence electrons. The summed E-state index contributed by atoms with van der Waals surface area (Å²) in [5.74, 6) is 0. The molecule has 0 aliphatic carbocycles. The molecule has 1 aromatic rings. The molecule has 1 saturated heterocycles. The van der Waals surface area contributed by atoms with Gasteiger partial charge in [0.1, 0.15) is 11.1 Å². The van der Waals surface area contributed by atoms with Crippen LogP contribution in [0.2, 0.25) is 0 Å². The molecule has 13 heavy (non-hydrogen) atoms. The highest BCUT2D eigenvalue weighted by atomic mass is 127. The first-order valence-corrected chi connectivity index (χ1v) is 6.06. The van der Waals surface area contributed by atoms with Crippen LogP contribution in [0.5, 0.6) is 0 Å². The summed E-state index contributed by atoms with van der Waals surface area (Å²) in [6.45, 7) is 0.124. The molecule has 0 saturated carbocycles. The minimum Gasteiger partial charge on any atom is -0.394 e. The number of ether oxygens (including phenoxy) is 1. The molecule has 0 spiro atoms. The van der Waals surface area contributed by atoms with Gasteiger partial charge in [-0.15, -0.1) is 11.3 Å². The molecule has 0 bridgehead atoms. The van der Waals surface area contributed by atoms with Gasteiger partial charge in [0.15, 0.2) is 0 Å². The van der Waals surface area contributed by atoms with E-state index in [1.807, 2.05) is 6.20 Å². The van der Waals surface area contributed by atoms with Gasteiger partial charge in [0.2, 0.25) is 0 Å². The maximum Gasteiger partial charge on any atom is 0.122 e. The molecular weight excluding hydrogens is 301 g/mol. The molecule has 1 aliphatic heterocycles. The highest BCUT2D eigenvalue weighted by Gasteiger charge is 2.27. The Bertz CT molecular complexity index is 291. The standard InChI is InChI=1S/C8H10INO2S/c9-7-3-10-8(13-7)6-2-1-5(4-11)12-6/h3,5-6,11H,1-2,4H2. The third kappa shape index (κ3) is 2.20. The van der Waals surface area contributed by atoms with Crippen LogP contribution >= 0.6 is 33.9 Å². The summed E-state index contributed by atoms with van der Waals surface area (Å²) < 4.78 is 6.79. The quantitative estimate of drug-likeness (QED) is 0.849. The van der Waals surface area contributed by atoms with E-state index in [9.17, 15) is 0 Å². The van der Waals surface area contributed by atoms with Gasteiger partial charge in [-0.2, -0.15) is 0 Å². The molecule has 1 aliphatic rings. The Morgan fingerprint density at radius 3 is 3.08 bits per heavy atom. The second-order valence-electron chi connectivity index (χ2n) is 3.01. The Morgan fingerprint density at radius 2 is 2.54 bits per heavy atom. The van der Waals surface area contributed by atoms with Crippen LogP contribution in [0.3, 0.4) is 0 Å². The zero-order valence-corrected chi connectivity index (χ0v) is 9.92. The summed E-state index contributed by atoms with van der Waals surface area (Å²) in [6.07, 6.45) is 3.92. The van der Waals surface area contributed by atoms with Crippen molar-refractivity contribution in [2.24, 2.45) is 0 Å². The fourth-order valence-corrected chi connectivity index (χ4v) is 2.97. The zero-order chi connectivity index (χ0) is 9.26. The Balaban J connectivity index is 2.03. The molecule has 1 fully saturated rings. The van der Waals surface area contributed by atoms with Crippen molar-refractivity contribution >= 4 is 33.9 Å². The van der Waals surface area contributed by atoms with Crippen LogP contribution in [-0.2, 0) is 4.74 Å². The smallest absolute Gasteiger partial charge is 0.122 e. The van der Waals surface area contributed by atoms with Crippen LogP contribution < -0.4 is 0 Å². The van der Waals surface area contributed by atoms with E-state index in [4.69, 9.17) is 9.84 Å². The Hall–Kier alpha value is 0.280. The molecule has 0 aromatic carbocycles. The van der Waals surface area contributed by atoms with Crippen LogP contribution in [0.15, 0.2) is 6.20 Å². The molecule has 1 N–H and O–H groups in total. The lowest BCUT2D eigenvalue weighted by molar-refractivity contribution is 0.0109. The van der Waals surface area contributed by atoms with E-state index in [1.165, 1.54) is 2.88 Å². The van der Waals surface area contributed by atoms with Gasteiger partial charge in [-0.1, -0.05) is 0 Å². The highest BCUT2D eigenvalue weighted by Crippen LogP contribution is 2.34. The summed E-state index contributed by atoms with van der Waals surface area (Å²) >= 11 is 3.92. The van der Waals surface area contributed by atoms with E-state index < -0.39 is 0 Å². The minimum atomic E-state index is 0.0200. The van der Waals surface area contributed by atoms with Gasteiger partial charge in [-0.3, -0.25) is 0 Å². The van der Waals surface area contributed by atoms with Crippen molar-refractivity contribution in [1.82, 2.24) is 4.98 Å². The van der Waals surface area contributed by atoms with Crippen molar-refractivity contribution in [3.8, 4) is 0 Å². The summed E-state index contributed by atoms with van der Waals surface area (Å²) in [5, 5.41) is 9.93. The van der Waals surface area contributed by atoms with E-state index >= 15 is 0 Å². The van der Waals surface area contributed by atoms with E-state index in [-0.39, 0.29) is 18.8 Å². The van der Waals surface area contributed by atoms with Crippen molar-refractivity contribution in [3.63, 3.8) is 0 Å². The molecule has 2 rings (SSSR count). The van der Waals surface area contributed by atoms with E-state index in [0.29, 0.717) is 0 Å². The van der Waals surface area contributed by atoms with Gasteiger partial charge in [0.25, 0.3) is 0 Å². The number of aliphatic hydroxyl groups is 1. The average Bonchev–Trinajstić information content (AvgIpc) is 2.71. The van der Waals surface area contributed by atoms with E-state index in [0.717, 1.165) is 17.8 Å². The molecule has 1 aromatic heterocycles. The molecule has 3 nitrogen and oxygen atoms in total. The van der Waals surface area contributed by atoms with Gasteiger partial charge < -0.3 is 9.84 Å². The number of thiazole rings is 1. The third-order valence-electron chi connectivity index (χ3n) is 2.08. The monoisotopic (exact) mass is 311 g/mol. The van der Waals surface area contributed by atoms with E-state index in [2.05, 4.69) is 27.6 Å². The first-order valence-electron chi connectivity index (χ1n) is 4.17. The summed E-state index contributed by atoms with van der Waals surface area (Å²) in [6, 6.07) is 0. The number of halogens is 1.